The predicted octanol–water partition coefficient (Wildman–Crippen LogP) is 1.33. The van der Waals surface area contributed by atoms with E-state index < -0.39 is 0 Å². The lowest BCUT2D eigenvalue weighted by molar-refractivity contribution is -0.000228. The van der Waals surface area contributed by atoms with Gasteiger partial charge in [-0.15, -0.1) is 0 Å². The molecule has 17 heavy (non-hydrogen) atoms. The first-order chi connectivity index (χ1) is 7.97. The molecule has 0 radical (unpaired) electrons. The lowest BCUT2D eigenvalue weighted by Crippen LogP contribution is -2.56. The van der Waals surface area contributed by atoms with Gasteiger partial charge in [0.2, 0.25) is 0 Å². The van der Waals surface area contributed by atoms with Crippen LogP contribution in [0.15, 0.2) is 18.3 Å². The van der Waals surface area contributed by atoms with Crippen LogP contribution in [-0.2, 0) is 4.74 Å². The Kier molecular flexibility index (Phi) is 3.35. The van der Waals surface area contributed by atoms with Gasteiger partial charge in [0.25, 0.3) is 0 Å². The molecule has 1 atom stereocenters. The number of nitrogens with two attached hydrogens (primary N) is 1. The number of ether oxygens (including phenoxy) is 1. The Balaban J connectivity index is 2.09. The highest BCUT2D eigenvalue weighted by Crippen LogP contribution is 2.21. The van der Waals surface area contributed by atoms with Crippen molar-refractivity contribution in [2.75, 3.05) is 24.6 Å². The van der Waals surface area contributed by atoms with Crippen LogP contribution in [0.25, 0.3) is 0 Å². The second-order valence-electron chi connectivity index (χ2n) is 5.28. The van der Waals surface area contributed by atoms with Crippen LogP contribution < -0.4 is 10.6 Å². The van der Waals surface area contributed by atoms with E-state index in [1.165, 1.54) is 0 Å². The first-order valence-electron chi connectivity index (χ1n) is 6.05. The summed E-state index contributed by atoms with van der Waals surface area (Å²) in [6, 6.07) is 4.14. The highest BCUT2D eigenvalue weighted by atomic mass is 16.5. The Hall–Kier alpha value is -1.13. The number of anilines is 1. The fourth-order valence-corrected chi connectivity index (χ4v) is 1.98. The molecular weight excluding hydrogens is 214 g/mol. The summed E-state index contributed by atoms with van der Waals surface area (Å²) >= 11 is 0. The summed E-state index contributed by atoms with van der Waals surface area (Å²) in [6.45, 7) is 8.46. The molecule has 1 aliphatic rings. The molecule has 0 spiro atoms. The fourth-order valence-electron chi connectivity index (χ4n) is 1.98. The van der Waals surface area contributed by atoms with Crippen LogP contribution in [0.3, 0.4) is 0 Å². The zero-order valence-electron chi connectivity index (χ0n) is 10.8. The molecule has 1 aliphatic heterocycles. The maximum Gasteiger partial charge on any atom is 0.0924 e. The summed E-state index contributed by atoms with van der Waals surface area (Å²) in [4.78, 5) is 6.61. The summed E-state index contributed by atoms with van der Waals surface area (Å²) in [5, 5.41) is 0. The minimum absolute atomic E-state index is 0.0672. The normalized spacial score (nSPS) is 21.6. The number of hydrogen-bond acceptors (Lipinski definition) is 4. The second kappa shape index (κ2) is 4.63. The molecule has 2 rings (SSSR count). The Morgan fingerprint density at radius 1 is 1.47 bits per heavy atom. The summed E-state index contributed by atoms with van der Waals surface area (Å²) in [5.41, 5.74) is 7.98. The lowest BCUT2D eigenvalue weighted by Gasteiger charge is -2.40. The van der Waals surface area contributed by atoms with E-state index in [4.69, 9.17) is 10.5 Å². The first kappa shape index (κ1) is 12.3. The van der Waals surface area contributed by atoms with E-state index in [0.717, 1.165) is 31.1 Å². The van der Waals surface area contributed by atoms with Crippen LogP contribution in [-0.4, -0.2) is 36.3 Å². The molecule has 4 nitrogen and oxygen atoms in total. The number of pyridine rings is 1. The Labute approximate surface area is 103 Å². The molecule has 2 N–H and O–H groups in total. The molecular formula is C13H21N3O. The van der Waals surface area contributed by atoms with Crippen molar-refractivity contribution < 1.29 is 4.74 Å². The van der Waals surface area contributed by atoms with Gasteiger partial charge < -0.3 is 15.4 Å². The van der Waals surface area contributed by atoms with Gasteiger partial charge in [0, 0.05) is 24.3 Å². The van der Waals surface area contributed by atoms with Gasteiger partial charge in [-0.25, -0.2) is 0 Å². The van der Waals surface area contributed by atoms with Crippen molar-refractivity contribution in [3.8, 4) is 0 Å². The molecule has 1 aromatic rings. The maximum atomic E-state index is 6.11. The number of aryl methyl sites for hydroxylation is 1. The molecule has 0 saturated carbocycles. The van der Waals surface area contributed by atoms with E-state index in [1.807, 2.05) is 33.0 Å². The standard InChI is InChI=1S/C13H21N3O/c1-10-4-5-11(8-15-10)16-6-7-17-12(9-16)13(2,3)14/h4-5,8,12H,6-7,9,14H2,1-3H3. The fraction of sp³-hybridized carbons (Fsp3) is 0.615. The topological polar surface area (TPSA) is 51.4 Å². The minimum atomic E-state index is -0.309. The highest BCUT2D eigenvalue weighted by molar-refractivity contribution is 5.45. The quantitative estimate of drug-likeness (QED) is 0.840. The molecule has 94 valence electrons. The lowest BCUT2D eigenvalue weighted by atomic mass is 9.97. The van der Waals surface area contributed by atoms with Crippen LogP contribution in [0.1, 0.15) is 19.5 Å². The van der Waals surface area contributed by atoms with Gasteiger partial charge in [0.1, 0.15) is 0 Å². The van der Waals surface area contributed by atoms with Gasteiger partial charge in [-0.05, 0) is 32.9 Å². The molecule has 0 bridgehead atoms. The zero-order chi connectivity index (χ0) is 12.5. The second-order valence-corrected chi connectivity index (χ2v) is 5.28. The number of aromatic nitrogens is 1. The zero-order valence-corrected chi connectivity index (χ0v) is 10.8. The molecule has 1 aromatic heterocycles. The number of hydrogen-bond donors (Lipinski definition) is 1. The molecule has 1 fully saturated rings. The monoisotopic (exact) mass is 235 g/mol. The predicted molar refractivity (Wildman–Crippen MR) is 69.2 cm³/mol. The average molecular weight is 235 g/mol. The summed E-state index contributed by atoms with van der Waals surface area (Å²) in [6.07, 6.45) is 1.99. The molecule has 0 amide bonds. The maximum absolute atomic E-state index is 6.11. The Bertz CT molecular complexity index is 369. The Morgan fingerprint density at radius 2 is 2.24 bits per heavy atom. The van der Waals surface area contributed by atoms with E-state index in [-0.39, 0.29) is 11.6 Å². The summed E-state index contributed by atoms with van der Waals surface area (Å²) in [7, 11) is 0. The van der Waals surface area contributed by atoms with Crippen LogP contribution in [0.2, 0.25) is 0 Å². The highest BCUT2D eigenvalue weighted by Gasteiger charge is 2.31. The molecule has 0 aliphatic carbocycles. The van der Waals surface area contributed by atoms with Crippen LogP contribution in [0.4, 0.5) is 5.69 Å². The first-order valence-corrected chi connectivity index (χ1v) is 6.05. The number of morpholine rings is 1. The molecule has 0 aromatic carbocycles. The SMILES string of the molecule is Cc1ccc(N2CCOC(C(C)(C)N)C2)cn1. The molecule has 1 unspecified atom stereocenters. The minimum Gasteiger partial charge on any atom is -0.373 e. The van der Waals surface area contributed by atoms with Crippen molar-refractivity contribution in [3.63, 3.8) is 0 Å². The average Bonchev–Trinajstić information content (AvgIpc) is 2.29. The van der Waals surface area contributed by atoms with E-state index in [1.54, 1.807) is 0 Å². The number of rotatable bonds is 2. The van der Waals surface area contributed by atoms with Crippen molar-refractivity contribution >= 4 is 5.69 Å². The van der Waals surface area contributed by atoms with Gasteiger partial charge in [-0.3, -0.25) is 4.98 Å². The van der Waals surface area contributed by atoms with Crippen molar-refractivity contribution in [1.29, 1.82) is 0 Å². The van der Waals surface area contributed by atoms with Crippen LogP contribution in [0.5, 0.6) is 0 Å². The molecule has 1 saturated heterocycles. The third-order valence-corrected chi connectivity index (χ3v) is 3.16. The van der Waals surface area contributed by atoms with Crippen molar-refractivity contribution in [2.24, 2.45) is 5.73 Å². The van der Waals surface area contributed by atoms with Crippen molar-refractivity contribution in [3.05, 3.63) is 24.0 Å². The summed E-state index contributed by atoms with van der Waals surface area (Å²) < 4.78 is 5.73. The van der Waals surface area contributed by atoms with Gasteiger partial charge in [0.15, 0.2) is 0 Å². The number of nitrogens with zero attached hydrogens (tertiary/aromatic N) is 2. The van der Waals surface area contributed by atoms with Gasteiger partial charge >= 0.3 is 0 Å². The van der Waals surface area contributed by atoms with Gasteiger partial charge in [0.05, 0.1) is 24.6 Å². The smallest absolute Gasteiger partial charge is 0.0924 e. The largest absolute Gasteiger partial charge is 0.373 e. The van der Waals surface area contributed by atoms with E-state index in [0.29, 0.717) is 0 Å². The Morgan fingerprint density at radius 3 is 2.82 bits per heavy atom. The third kappa shape index (κ3) is 2.96. The molecule has 2 heterocycles. The van der Waals surface area contributed by atoms with E-state index in [9.17, 15) is 0 Å². The van der Waals surface area contributed by atoms with Crippen molar-refractivity contribution in [1.82, 2.24) is 4.98 Å². The molecule has 4 heteroatoms. The van der Waals surface area contributed by atoms with E-state index >= 15 is 0 Å². The summed E-state index contributed by atoms with van der Waals surface area (Å²) in [5.74, 6) is 0. The van der Waals surface area contributed by atoms with E-state index in [2.05, 4.69) is 16.0 Å². The van der Waals surface area contributed by atoms with Crippen LogP contribution in [0, 0.1) is 6.92 Å². The van der Waals surface area contributed by atoms with Crippen LogP contribution >= 0.6 is 0 Å². The third-order valence-electron chi connectivity index (χ3n) is 3.16. The van der Waals surface area contributed by atoms with Gasteiger partial charge in [-0.2, -0.15) is 0 Å². The van der Waals surface area contributed by atoms with Crippen molar-refractivity contribution in [2.45, 2.75) is 32.4 Å². The van der Waals surface area contributed by atoms with Gasteiger partial charge in [-0.1, -0.05) is 0 Å².